The van der Waals surface area contributed by atoms with Gasteiger partial charge in [0.25, 0.3) is 0 Å². The van der Waals surface area contributed by atoms with Crippen LogP contribution in [0, 0.1) is 0 Å². The van der Waals surface area contributed by atoms with Crippen LogP contribution in [0.4, 0.5) is 5.69 Å². The highest BCUT2D eigenvalue weighted by atomic mass is 16.1. The van der Waals surface area contributed by atoms with Crippen LogP contribution in [0.5, 0.6) is 0 Å². The SMILES string of the molecule is Nc1ccccc1.O=Cc1ccc[nH]1. The van der Waals surface area contributed by atoms with E-state index in [0.717, 1.165) is 12.0 Å². The van der Waals surface area contributed by atoms with Gasteiger partial charge in [0.15, 0.2) is 6.29 Å². The van der Waals surface area contributed by atoms with E-state index in [1.807, 2.05) is 30.3 Å². The van der Waals surface area contributed by atoms with Crippen LogP contribution in [-0.2, 0) is 0 Å². The molecule has 1 aromatic carbocycles. The number of carbonyl (C=O) groups excluding carboxylic acids is 1. The number of para-hydroxylation sites is 1. The van der Waals surface area contributed by atoms with Gasteiger partial charge >= 0.3 is 0 Å². The molecule has 0 aliphatic rings. The number of anilines is 1. The summed E-state index contributed by atoms with van der Waals surface area (Å²) < 4.78 is 0. The lowest BCUT2D eigenvalue weighted by Gasteiger charge is -1.83. The molecule has 1 aromatic heterocycles. The smallest absolute Gasteiger partial charge is 0.166 e. The van der Waals surface area contributed by atoms with Crippen LogP contribution in [0.15, 0.2) is 48.7 Å². The number of H-pyrrole nitrogens is 1. The van der Waals surface area contributed by atoms with Gasteiger partial charge in [0.1, 0.15) is 0 Å². The van der Waals surface area contributed by atoms with Crippen LogP contribution in [0.3, 0.4) is 0 Å². The van der Waals surface area contributed by atoms with Gasteiger partial charge in [0.2, 0.25) is 0 Å². The Bertz CT molecular complexity index is 354. The quantitative estimate of drug-likeness (QED) is 0.531. The summed E-state index contributed by atoms with van der Waals surface area (Å²) in [6.07, 6.45) is 2.49. The number of aromatic nitrogens is 1. The van der Waals surface area contributed by atoms with Gasteiger partial charge in [-0.05, 0) is 24.3 Å². The third-order valence-electron chi connectivity index (χ3n) is 1.55. The Labute approximate surface area is 82.6 Å². The van der Waals surface area contributed by atoms with Crippen molar-refractivity contribution in [2.45, 2.75) is 0 Å². The maximum Gasteiger partial charge on any atom is 0.166 e. The Morgan fingerprint density at radius 2 is 1.79 bits per heavy atom. The van der Waals surface area contributed by atoms with Crippen LogP contribution in [0.2, 0.25) is 0 Å². The zero-order valence-electron chi connectivity index (χ0n) is 7.68. The number of nitrogen functional groups attached to an aromatic ring is 1. The molecule has 0 aliphatic heterocycles. The number of hydrogen-bond donors (Lipinski definition) is 2. The fourth-order valence-electron chi connectivity index (χ4n) is 0.871. The van der Waals surface area contributed by atoms with Crippen molar-refractivity contribution in [3.63, 3.8) is 0 Å². The van der Waals surface area contributed by atoms with Crippen molar-refractivity contribution >= 4 is 12.0 Å². The molecule has 0 saturated heterocycles. The van der Waals surface area contributed by atoms with E-state index in [1.165, 1.54) is 0 Å². The molecule has 3 nitrogen and oxygen atoms in total. The largest absolute Gasteiger partial charge is 0.399 e. The van der Waals surface area contributed by atoms with Crippen LogP contribution >= 0.6 is 0 Å². The molecular formula is C11H12N2O. The molecule has 0 saturated carbocycles. The Morgan fingerprint density at radius 3 is 2.07 bits per heavy atom. The lowest BCUT2D eigenvalue weighted by molar-refractivity contribution is 0.111. The van der Waals surface area contributed by atoms with Crippen molar-refractivity contribution in [3.05, 3.63) is 54.4 Å². The maximum atomic E-state index is 9.84. The van der Waals surface area contributed by atoms with Crippen molar-refractivity contribution in [2.24, 2.45) is 0 Å². The van der Waals surface area contributed by atoms with Gasteiger partial charge in [0, 0.05) is 11.9 Å². The summed E-state index contributed by atoms with van der Waals surface area (Å²) in [4.78, 5) is 12.6. The second kappa shape index (κ2) is 5.59. The first-order chi connectivity index (χ1) is 6.83. The van der Waals surface area contributed by atoms with E-state index in [2.05, 4.69) is 4.98 Å². The van der Waals surface area contributed by atoms with Crippen molar-refractivity contribution < 1.29 is 4.79 Å². The van der Waals surface area contributed by atoms with Crippen molar-refractivity contribution in [2.75, 3.05) is 5.73 Å². The predicted molar refractivity (Wildman–Crippen MR) is 57.0 cm³/mol. The lowest BCUT2D eigenvalue weighted by atomic mass is 10.3. The van der Waals surface area contributed by atoms with Crippen LogP contribution < -0.4 is 5.73 Å². The highest BCUT2D eigenvalue weighted by molar-refractivity contribution is 5.71. The van der Waals surface area contributed by atoms with E-state index in [1.54, 1.807) is 18.3 Å². The molecule has 0 bridgehead atoms. The van der Waals surface area contributed by atoms with Gasteiger partial charge < -0.3 is 10.7 Å². The van der Waals surface area contributed by atoms with Crippen LogP contribution in [-0.4, -0.2) is 11.3 Å². The van der Waals surface area contributed by atoms with Crippen molar-refractivity contribution in [1.29, 1.82) is 0 Å². The predicted octanol–water partition coefficient (Wildman–Crippen LogP) is 2.10. The molecule has 0 unspecified atom stereocenters. The van der Waals surface area contributed by atoms with E-state index >= 15 is 0 Å². The van der Waals surface area contributed by atoms with Crippen molar-refractivity contribution in [3.8, 4) is 0 Å². The molecule has 1 heterocycles. The summed E-state index contributed by atoms with van der Waals surface area (Å²) >= 11 is 0. The minimum Gasteiger partial charge on any atom is -0.399 e. The van der Waals surface area contributed by atoms with Gasteiger partial charge in [-0.15, -0.1) is 0 Å². The summed E-state index contributed by atoms with van der Waals surface area (Å²) in [7, 11) is 0. The summed E-state index contributed by atoms with van der Waals surface area (Å²) in [5.41, 5.74) is 6.80. The molecule has 72 valence electrons. The standard InChI is InChI=1S/C6H7N.C5H5NO/c7-6-4-2-1-3-5-6;7-4-5-2-1-3-6-5/h1-5H,7H2;1-4,6H. The average molecular weight is 188 g/mol. The first kappa shape index (κ1) is 10.1. The number of aromatic amines is 1. The molecule has 14 heavy (non-hydrogen) atoms. The highest BCUT2D eigenvalue weighted by Gasteiger charge is 1.81. The fourth-order valence-corrected chi connectivity index (χ4v) is 0.871. The minimum absolute atomic E-state index is 0.625. The first-order valence-electron chi connectivity index (χ1n) is 4.22. The molecular weight excluding hydrogens is 176 g/mol. The van der Waals surface area contributed by atoms with E-state index in [4.69, 9.17) is 5.73 Å². The summed E-state index contributed by atoms with van der Waals surface area (Å²) in [6, 6.07) is 13.0. The fraction of sp³-hybridized carbons (Fsp3) is 0. The average Bonchev–Trinajstić information content (AvgIpc) is 2.72. The van der Waals surface area contributed by atoms with Crippen molar-refractivity contribution in [1.82, 2.24) is 4.98 Å². The number of aldehydes is 1. The number of carbonyl (C=O) groups is 1. The van der Waals surface area contributed by atoms with Gasteiger partial charge in [0.05, 0.1) is 5.69 Å². The van der Waals surface area contributed by atoms with Crippen LogP contribution in [0.1, 0.15) is 10.5 Å². The summed E-state index contributed by atoms with van der Waals surface area (Å²) in [5, 5.41) is 0. The van der Waals surface area contributed by atoms with Gasteiger partial charge in [-0.2, -0.15) is 0 Å². The molecule has 3 N–H and O–H groups in total. The first-order valence-corrected chi connectivity index (χ1v) is 4.22. The third kappa shape index (κ3) is 3.58. The Morgan fingerprint density at radius 1 is 1.07 bits per heavy atom. The Hall–Kier alpha value is -2.03. The molecule has 3 heteroatoms. The van der Waals surface area contributed by atoms with Gasteiger partial charge in [-0.3, -0.25) is 4.79 Å². The number of nitrogens with one attached hydrogen (secondary N) is 1. The molecule has 0 fully saturated rings. The van der Waals surface area contributed by atoms with E-state index in [0.29, 0.717) is 5.69 Å². The maximum absolute atomic E-state index is 9.84. The normalized spacial score (nSPS) is 8.57. The second-order valence-corrected chi connectivity index (χ2v) is 2.65. The van der Waals surface area contributed by atoms with E-state index < -0.39 is 0 Å². The number of benzene rings is 1. The van der Waals surface area contributed by atoms with Crippen LogP contribution in [0.25, 0.3) is 0 Å². The van der Waals surface area contributed by atoms with Gasteiger partial charge in [-0.1, -0.05) is 18.2 Å². The number of hydrogen-bond acceptors (Lipinski definition) is 2. The summed E-state index contributed by atoms with van der Waals surface area (Å²) in [6.45, 7) is 0. The molecule has 0 radical (unpaired) electrons. The molecule has 2 rings (SSSR count). The Kier molecular flexibility index (Phi) is 4.01. The minimum atomic E-state index is 0.625. The second-order valence-electron chi connectivity index (χ2n) is 2.65. The lowest BCUT2D eigenvalue weighted by Crippen LogP contribution is -1.79. The topological polar surface area (TPSA) is 58.9 Å². The molecule has 2 aromatic rings. The Balaban J connectivity index is 0.000000140. The zero-order valence-corrected chi connectivity index (χ0v) is 7.68. The molecule has 0 atom stereocenters. The molecule has 0 spiro atoms. The number of nitrogens with two attached hydrogens (primary N) is 1. The van der Waals surface area contributed by atoms with Gasteiger partial charge in [-0.25, -0.2) is 0 Å². The monoisotopic (exact) mass is 188 g/mol. The van der Waals surface area contributed by atoms with E-state index in [9.17, 15) is 4.79 Å². The molecule has 0 amide bonds. The zero-order chi connectivity index (χ0) is 10.2. The highest BCUT2D eigenvalue weighted by Crippen LogP contribution is 1.95. The third-order valence-corrected chi connectivity index (χ3v) is 1.55. The van der Waals surface area contributed by atoms with E-state index in [-0.39, 0.29) is 0 Å². The summed E-state index contributed by atoms with van der Waals surface area (Å²) in [5.74, 6) is 0. The molecule has 0 aliphatic carbocycles. The number of rotatable bonds is 1.